The van der Waals surface area contributed by atoms with E-state index < -0.39 is 10.0 Å². The van der Waals surface area contributed by atoms with Crippen LogP contribution in [0.5, 0.6) is 11.6 Å². The second kappa shape index (κ2) is 7.79. The van der Waals surface area contributed by atoms with Gasteiger partial charge in [0.1, 0.15) is 23.1 Å². The van der Waals surface area contributed by atoms with Gasteiger partial charge < -0.3 is 9.47 Å². The van der Waals surface area contributed by atoms with Crippen molar-refractivity contribution in [2.45, 2.75) is 30.8 Å². The molecule has 1 saturated heterocycles. The van der Waals surface area contributed by atoms with Gasteiger partial charge in [0.05, 0.1) is 13.2 Å². The fourth-order valence-electron chi connectivity index (χ4n) is 2.82. The lowest BCUT2D eigenvalue weighted by Gasteiger charge is -2.32. The van der Waals surface area contributed by atoms with Crippen LogP contribution in [0.3, 0.4) is 0 Å². The van der Waals surface area contributed by atoms with Crippen LogP contribution < -0.4 is 9.47 Å². The van der Waals surface area contributed by atoms with Gasteiger partial charge in [-0.2, -0.15) is 4.31 Å². The van der Waals surface area contributed by atoms with Gasteiger partial charge in [-0.1, -0.05) is 12.1 Å². The minimum absolute atomic E-state index is 0.194. The summed E-state index contributed by atoms with van der Waals surface area (Å²) in [6.07, 6.45) is 4.27. The number of hydrogen-bond acceptors (Lipinski definition) is 6. The number of para-hydroxylation sites is 1. The molecule has 7 nitrogen and oxygen atoms in total. The van der Waals surface area contributed by atoms with Crippen molar-refractivity contribution in [1.29, 1.82) is 0 Å². The predicted molar refractivity (Wildman–Crippen MR) is 92.1 cm³/mol. The Morgan fingerprint density at radius 1 is 1.28 bits per heavy atom. The van der Waals surface area contributed by atoms with Gasteiger partial charge in [-0.25, -0.2) is 18.4 Å². The van der Waals surface area contributed by atoms with E-state index in [1.807, 2.05) is 6.92 Å². The standard InChI is InChI=1S/C17H21N3O4S/c1-2-23-15-7-3-4-8-16(15)25(21,22)20-11-5-6-14(12-20)24-17-9-10-18-13-19-17/h3-4,7-10,13-14H,2,5-6,11-12H2,1H3. The van der Waals surface area contributed by atoms with E-state index in [1.54, 1.807) is 36.5 Å². The maximum Gasteiger partial charge on any atom is 0.246 e. The molecule has 1 aromatic heterocycles. The Balaban J connectivity index is 1.78. The van der Waals surface area contributed by atoms with Crippen molar-refractivity contribution in [3.63, 3.8) is 0 Å². The molecule has 8 heteroatoms. The van der Waals surface area contributed by atoms with Gasteiger partial charge >= 0.3 is 0 Å². The first kappa shape index (κ1) is 17.6. The highest BCUT2D eigenvalue weighted by atomic mass is 32.2. The molecule has 25 heavy (non-hydrogen) atoms. The summed E-state index contributed by atoms with van der Waals surface area (Å²) in [5, 5.41) is 0. The predicted octanol–water partition coefficient (Wildman–Crippen LogP) is 2.11. The second-order valence-electron chi connectivity index (χ2n) is 5.67. The van der Waals surface area contributed by atoms with Crippen molar-refractivity contribution in [2.24, 2.45) is 0 Å². The molecule has 0 bridgehead atoms. The first-order valence-electron chi connectivity index (χ1n) is 8.26. The normalized spacial score (nSPS) is 18.7. The van der Waals surface area contributed by atoms with Crippen LogP contribution in [0.15, 0.2) is 47.8 Å². The molecule has 2 aromatic rings. The lowest BCUT2D eigenvalue weighted by molar-refractivity contribution is 0.124. The summed E-state index contributed by atoms with van der Waals surface area (Å²) >= 11 is 0. The maximum absolute atomic E-state index is 13.0. The number of ether oxygens (including phenoxy) is 2. The molecule has 2 heterocycles. The number of hydrogen-bond donors (Lipinski definition) is 0. The number of nitrogens with zero attached hydrogens (tertiary/aromatic N) is 3. The van der Waals surface area contributed by atoms with Crippen molar-refractivity contribution in [2.75, 3.05) is 19.7 Å². The third-order valence-electron chi connectivity index (χ3n) is 3.95. The van der Waals surface area contributed by atoms with E-state index in [4.69, 9.17) is 9.47 Å². The minimum atomic E-state index is -3.64. The van der Waals surface area contributed by atoms with Crippen LogP contribution in [-0.4, -0.2) is 48.5 Å². The Labute approximate surface area is 147 Å². The highest BCUT2D eigenvalue weighted by Gasteiger charge is 2.33. The first-order chi connectivity index (χ1) is 12.1. The summed E-state index contributed by atoms with van der Waals surface area (Å²) in [6, 6.07) is 8.39. The van der Waals surface area contributed by atoms with E-state index in [2.05, 4.69) is 9.97 Å². The molecule has 0 saturated carbocycles. The van der Waals surface area contributed by atoms with Gasteiger partial charge in [-0.3, -0.25) is 0 Å². The van der Waals surface area contributed by atoms with Gasteiger partial charge in [0.2, 0.25) is 15.9 Å². The van der Waals surface area contributed by atoms with Crippen molar-refractivity contribution in [1.82, 2.24) is 14.3 Å². The molecular formula is C17H21N3O4S. The summed E-state index contributed by atoms with van der Waals surface area (Å²) in [5.41, 5.74) is 0. The van der Waals surface area contributed by atoms with E-state index in [9.17, 15) is 8.42 Å². The van der Waals surface area contributed by atoms with E-state index in [0.29, 0.717) is 24.8 Å². The third-order valence-corrected chi connectivity index (χ3v) is 5.85. The fraction of sp³-hybridized carbons (Fsp3) is 0.412. The molecule has 134 valence electrons. The zero-order valence-electron chi connectivity index (χ0n) is 14.0. The molecule has 3 rings (SSSR count). The average molecular weight is 363 g/mol. The molecule has 1 atom stereocenters. The Bertz CT molecular complexity index is 799. The number of benzene rings is 1. The minimum Gasteiger partial charge on any atom is -0.492 e. The molecule has 0 amide bonds. The topological polar surface area (TPSA) is 81.6 Å². The van der Waals surface area contributed by atoms with Crippen molar-refractivity contribution in [3.05, 3.63) is 42.9 Å². The molecule has 1 aliphatic heterocycles. The molecule has 1 aliphatic rings. The van der Waals surface area contributed by atoms with Crippen LogP contribution >= 0.6 is 0 Å². The number of rotatable bonds is 6. The maximum atomic E-state index is 13.0. The second-order valence-corrected chi connectivity index (χ2v) is 7.58. The fourth-order valence-corrected chi connectivity index (χ4v) is 4.46. The Kier molecular flexibility index (Phi) is 5.50. The first-order valence-corrected chi connectivity index (χ1v) is 9.70. The molecule has 0 radical (unpaired) electrons. The quantitative estimate of drug-likeness (QED) is 0.782. The summed E-state index contributed by atoms with van der Waals surface area (Å²) in [4.78, 5) is 8.08. The molecular weight excluding hydrogens is 342 g/mol. The highest BCUT2D eigenvalue weighted by molar-refractivity contribution is 7.89. The van der Waals surface area contributed by atoms with Crippen molar-refractivity contribution in [3.8, 4) is 11.6 Å². The van der Waals surface area contributed by atoms with Crippen LogP contribution in [-0.2, 0) is 10.0 Å². The Morgan fingerprint density at radius 3 is 2.88 bits per heavy atom. The van der Waals surface area contributed by atoms with Crippen LogP contribution in [0, 0.1) is 0 Å². The van der Waals surface area contributed by atoms with Crippen LogP contribution in [0.4, 0.5) is 0 Å². The smallest absolute Gasteiger partial charge is 0.246 e. The summed E-state index contributed by atoms with van der Waals surface area (Å²) in [6.45, 7) is 2.99. The van der Waals surface area contributed by atoms with Crippen LogP contribution in [0.2, 0.25) is 0 Å². The molecule has 0 aliphatic carbocycles. The van der Waals surface area contributed by atoms with Gasteiger partial charge in [-0.15, -0.1) is 0 Å². The lowest BCUT2D eigenvalue weighted by atomic mass is 10.1. The zero-order valence-corrected chi connectivity index (χ0v) is 14.9. The molecule has 0 N–H and O–H groups in total. The number of sulfonamides is 1. The zero-order chi connectivity index (χ0) is 17.7. The summed E-state index contributed by atoms with van der Waals surface area (Å²) < 4.78 is 38.8. The third kappa shape index (κ3) is 4.08. The molecule has 1 aromatic carbocycles. The van der Waals surface area contributed by atoms with Crippen molar-refractivity contribution < 1.29 is 17.9 Å². The summed E-state index contributed by atoms with van der Waals surface area (Å²) in [7, 11) is -3.64. The van der Waals surface area contributed by atoms with E-state index in [1.165, 1.54) is 10.6 Å². The van der Waals surface area contributed by atoms with Gasteiger partial charge in [0.15, 0.2) is 0 Å². The SMILES string of the molecule is CCOc1ccccc1S(=O)(=O)N1CCCC(Oc2ccncn2)C1. The van der Waals surface area contributed by atoms with Crippen LogP contribution in [0.1, 0.15) is 19.8 Å². The average Bonchev–Trinajstić information content (AvgIpc) is 2.63. The van der Waals surface area contributed by atoms with Gasteiger partial charge in [-0.05, 0) is 31.9 Å². The summed E-state index contributed by atoms with van der Waals surface area (Å²) in [5.74, 6) is 0.831. The number of piperidine rings is 1. The monoisotopic (exact) mass is 363 g/mol. The number of aromatic nitrogens is 2. The van der Waals surface area contributed by atoms with E-state index >= 15 is 0 Å². The van der Waals surface area contributed by atoms with Gasteiger partial charge in [0, 0.05) is 18.8 Å². The van der Waals surface area contributed by atoms with E-state index in [-0.39, 0.29) is 17.5 Å². The molecule has 1 unspecified atom stereocenters. The molecule has 0 spiro atoms. The van der Waals surface area contributed by atoms with Crippen LogP contribution in [0.25, 0.3) is 0 Å². The van der Waals surface area contributed by atoms with Crippen molar-refractivity contribution >= 4 is 10.0 Å². The van der Waals surface area contributed by atoms with E-state index in [0.717, 1.165) is 12.8 Å². The Hall–Kier alpha value is -2.19. The highest BCUT2D eigenvalue weighted by Crippen LogP contribution is 2.29. The van der Waals surface area contributed by atoms with Gasteiger partial charge in [0.25, 0.3) is 0 Å². The molecule has 1 fully saturated rings. The Morgan fingerprint density at radius 2 is 2.12 bits per heavy atom. The largest absolute Gasteiger partial charge is 0.492 e. The lowest BCUT2D eigenvalue weighted by Crippen LogP contribution is -2.44.